The Bertz CT molecular complexity index is 719. The van der Waals surface area contributed by atoms with E-state index in [1.807, 2.05) is 0 Å². The summed E-state index contributed by atoms with van der Waals surface area (Å²) < 4.78 is 34.2. The number of likely N-dealkylation sites (tertiary alicyclic amines) is 1. The third-order valence-corrected chi connectivity index (χ3v) is 6.87. The average Bonchev–Trinajstić information content (AvgIpc) is 2.81. The lowest BCUT2D eigenvalue weighted by Gasteiger charge is -2.27. The number of hydrogen-bond donors (Lipinski definition) is 1. The minimum Gasteiger partial charge on any atom is -0.464 e. The van der Waals surface area contributed by atoms with Gasteiger partial charge >= 0.3 is 5.97 Å². The Morgan fingerprint density at radius 1 is 1.27 bits per heavy atom. The topological polar surface area (TPSA) is 80.6 Å². The van der Waals surface area contributed by atoms with Crippen LogP contribution in [-0.2, 0) is 21.8 Å². The van der Waals surface area contributed by atoms with Crippen molar-refractivity contribution < 1.29 is 17.9 Å². The van der Waals surface area contributed by atoms with Crippen molar-refractivity contribution in [1.82, 2.24) is 14.2 Å². The number of carbonyl (C=O) groups is 1. The first-order valence-corrected chi connectivity index (χ1v) is 10.7. The molecule has 0 saturated carbocycles. The Kier molecular flexibility index (Phi) is 7.25. The second-order valence-corrected chi connectivity index (χ2v) is 8.75. The number of esters is 1. The molecule has 0 radical (unpaired) electrons. The number of methoxy groups -OCH3 is 1. The molecule has 1 N–H and O–H groups in total. The van der Waals surface area contributed by atoms with Crippen LogP contribution in [0.15, 0.2) is 11.0 Å². The van der Waals surface area contributed by atoms with Crippen molar-refractivity contribution in [3.05, 3.63) is 17.5 Å². The number of hydrogen-bond acceptors (Lipinski definition) is 5. The van der Waals surface area contributed by atoms with Crippen molar-refractivity contribution in [3.8, 4) is 0 Å². The molecule has 0 aromatic carbocycles. The number of rotatable bonds is 7. The molecule has 0 bridgehead atoms. The molecule has 1 aliphatic heterocycles. The van der Waals surface area contributed by atoms with Crippen LogP contribution in [0.1, 0.15) is 55.2 Å². The molecule has 8 heteroatoms. The van der Waals surface area contributed by atoms with Crippen LogP contribution in [-0.4, -0.2) is 56.6 Å². The fraction of sp³-hybridized carbons (Fsp3) is 0.722. The molecule has 7 nitrogen and oxygen atoms in total. The number of aromatic nitrogens is 1. The van der Waals surface area contributed by atoms with Crippen molar-refractivity contribution in [2.75, 3.05) is 26.7 Å². The summed E-state index contributed by atoms with van der Waals surface area (Å²) in [6, 6.07) is 1.72. The number of sulfonamides is 1. The van der Waals surface area contributed by atoms with Gasteiger partial charge in [0.1, 0.15) is 10.6 Å². The number of nitrogens with zero attached hydrogens (tertiary/aromatic N) is 2. The molecule has 1 saturated heterocycles. The lowest BCUT2D eigenvalue weighted by molar-refractivity contribution is 0.0589. The Hall–Kier alpha value is -1.38. The number of carbonyl (C=O) groups excluding carboxylic acids is 1. The van der Waals surface area contributed by atoms with Crippen molar-refractivity contribution in [1.29, 1.82) is 0 Å². The van der Waals surface area contributed by atoms with Crippen molar-refractivity contribution in [2.45, 2.75) is 56.9 Å². The molecule has 2 heterocycles. The third kappa shape index (κ3) is 4.86. The van der Waals surface area contributed by atoms with Crippen LogP contribution in [0, 0.1) is 6.92 Å². The van der Waals surface area contributed by atoms with Gasteiger partial charge in [0.2, 0.25) is 10.0 Å². The maximum Gasteiger partial charge on any atom is 0.354 e. The van der Waals surface area contributed by atoms with Crippen LogP contribution in [0.25, 0.3) is 0 Å². The Balaban J connectivity index is 1.99. The first kappa shape index (κ1) is 20.9. The first-order chi connectivity index (χ1) is 12.3. The van der Waals surface area contributed by atoms with E-state index in [0.717, 1.165) is 19.5 Å². The van der Waals surface area contributed by atoms with Gasteiger partial charge in [0.05, 0.1) is 7.11 Å². The van der Waals surface area contributed by atoms with E-state index in [1.54, 1.807) is 18.5 Å². The van der Waals surface area contributed by atoms with Crippen LogP contribution in [0.3, 0.4) is 0 Å². The summed E-state index contributed by atoms with van der Waals surface area (Å²) in [7, 11) is -0.731. The summed E-state index contributed by atoms with van der Waals surface area (Å²) >= 11 is 0. The highest BCUT2D eigenvalue weighted by Crippen LogP contribution is 2.20. The molecule has 0 spiro atoms. The Morgan fingerprint density at radius 2 is 1.88 bits per heavy atom. The highest BCUT2D eigenvalue weighted by molar-refractivity contribution is 7.89. The van der Waals surface area contributed by atoms with Crippen molar-refractivity contribution in [2.24, 2.45) is 7.05 Å². The summed E-state index contributed by atoms with van der Waals surface area (Å²) in [4.78, 5) is 14.3. The second kappa shape index (κ2) is 9.01. The zero-order valence-electron chi connectivity index (χ0n) is 16.2. The van der Waals surface area contributed by atoms with Crippen LogP contribution in [0.4, 0.5) is 0 Å². The maximum absolute atomic E-state index is 12.7. The summed E-state index contributed by atoms with van der Waals surface area (Å²) in [6.45, 7) is 6.40. The van der Waals surface area contributed by atoms with E-state index in [9.17, 15) is 13.2 Å². The molecular formula is C18H31N3O4S. The lowest BCUT2D eigenvalue weighted by Crippen LogP contribution is -2.37. The Labute approximate surface area is 156 Å². The molecule has 1 atom stereocenters. The predicted octanol–water partition coefficient (Wildman–Crippen LogP) is 2.05. The van der Waals surface area contributed by atoms with Gasteiger partial charge in [-0.15, -0.1) is 0 Å². The van der Waals surface area contributed by atoms with Gasteiger partial charge in [-0.25, -0.2) is 17.9 Å². The largest absolute Gasteiger partial charge is 0.464 e. The minimum absolute atomic E-state index is 0.128. The van der Waals surface area contributed by atoms with E-state index in [4.69, 9.17) is 4.74 Å². The van der Waals surface area contributed by atoms with Gasteiger partial charge in [-0.1, -0.05) is 12.8 Å². The minimum atomic E-state index is -3.67. The molecule has 1 aromatic rings. The molecular weight excluding hydrogens is 354 g/mol. The van der Waals surface area contributed by atoms with Gasteiger partial charge in [-0.05, 0) is 52.3 Å². The zero-order valence-corrected chi connectivity index (χ0v) is 17.1. The molecule has 1 fully saturated rings. The molecule has 1 aromatic heterocycles. The molecule has 0 amide bonds. The predicted molar refractivity (Wildman–Crippen MR) is 101 cm³/mol. The Morgan fingerprint density at radius 3 is 2.46 bits per heavy atom. The van der Waals surface area contributed by atoms with E-state index >= 15 is 0 Å². The van der Waals surface area contributed by atoms with E-state index in [1.165, 1.54) is 38.9 Å². The van der Waals surface area contributed by atoms with Gasteiger partial charge in [-0.3, -0.25) is 0 Å². The van der Waals surface area contributed by atoms with E-state index in [0.29, 0.717) is 18.3 Å². The highest BCUT2D eigenvalue weighted by atomic mass is 32.2. The summed E-state index contributed by atoms with van der Waals surface area (Å²) in [6.07, 6.45) is 5.76. The zero-order chi connectivity index (χ0) is 19.3. The third-order valence-electron chi connectivity index (χ3n) is 5.29. The molecule has 1 aliphatic rings. The number of nitrogens with one attached hydrogen (secondary N) is 1. The molecule has 1 unspecified atom stereocenters. The van der Waals surface area contributed by atoms with Gasteiger partial charge in [0.25, 0.3) is 0 Å². The monoisotopic (exact) mass is 385 g/mol. The fourth-order valence-electron chi connectivity index (χ4n) is 3.44. The maximum atomic E-state index is 12.7. The van der Waals surface area contributed by atoms with Gasteiger partial charge in [-0.2, -0.15) is 0 Å². The van der Waals surface area contributed by atoms with Crippen molar-refractivity contribution >= 4 is 16.0 Å². The standard InChI is InChI=1S/C18H31N3O4S/c1-14(21-11-7-5-6-8-12-21)9-10-19-26(23,24)17-13-16(18(22)25-4)20(3)15(17)2/h13-14,19H,5-12H2,1-4H3. The quantitative estimate of drug-likeness (QED) is 0.727. The first-order valence-electron chi connectivity index (χ1n) is 9.26. The SMILES string of the molecule is COC(=O)c1cc(S(=O)(=O)NCCC(C)N2CCCCCC2)c(C)n1C. The molecule has 0 aliphatic carbocycles. The molecule has 2 rings (SSSR count). The highest BCUT2D eigenvalue weighted by Gasteiger charge is 2.25. The normalized spacial score (nSPS) is 17.7. The van der Waals surface area contributed by atoms with Crippen LogP contribution in [0.2, 0.25) is 0 Å². The van der Waals surface area contributed by atoms with Crippen LogP contribution < -0.4 is 4.72 Å². The van der Waals surface area contributed by atoms with Crippen molar-refractivity contribution in [3.63, 3.8) is 0 Å². The van der Waals surface area contributed by atoms with E-state index in [-0.39, 0.29) is 10.6 Å². The number of ether oxygens (including phenoxy) is 1. The van der Waals surface area contributed by atoms with Gasteiger partial charge in [0, 0.05) is 25.3 Å². The van der Waals surface area contributed by atoms with Crippen LogP contribution >= 0.6 is 0 Å². The smallest absolute Gasteiger partial charge is 0.354 e. The summed E-state index contributed by atoms with van der Waals surface area (Å²) in [5.74, 6) is -0.549. The summed E-state index contributed by atoms with van der Waals surface area (Å²) in [5, 5.41) is 0. The lowest BCUT2D eigenvalue weighted by atomic mass is 10.2. The van der Waals surface area contributed by atoms with E-state index < -0.39 is 16.0 Å². The summed E-state index contributed by atoms with van der Waals surface area (Å²) in [5.41, 5.74) is 0.738. The molecule has 148 valence electrons. The average molecular weight is 386 g/mol. The van der Waals surface area contributed by atoms with Gasteiger partial charge < -0.3 is 14.2 Å². The fourth-order valence-corrected chi connectivity index (χ4v) is 4.78. The second-order valence-electron chi connectivity index (χ2n) is 7.02. The van der Waals surface area contributed by atoms with E-state index in [2.05, 4.69) is 16.5 Å². The molecule has 26 heavy (non-hydrogen) atoms. The van der Waals surface area contributed by atoms with Crippen LogP contribution in [0.5, 0.6) is 0 Å². The van der Waals surface area contributed by atoms with Gasteiger partial charge in [0.15, 0.2) is 0 Å².